The summed E-state index contributed by atoms with van der Waals surface area (Å²) in [6, 6.07) is 0. The molecule has 1 fully saturated rings. The second kappa shape index (κ2) is 28.7. The molecule has 1 aliphatic heterocycles. The van der Waals surface area contributed by atoms with E-state index < -0.39 is 71.2 Å². The zero-order chi connectivity index (χ0) is 37.0. The zero-order valence-electron chi connectivity index (χ0n) is 30.5. The molecule has 1 aliphatic rings. The SMILES string of the molecule is CCCCCC/C=C/C=C/CCCCCCCC(=O)OC[C@H](CO[C@H]1O[C@H](CS(=O)(=O)O)[C@@H](O)C(O)C1O)OC(=O)CCCCCCCCC. The topological polar surface area (TPSA) is 186 Å². The third-order valence-corrected chi connectivity index (χ3v) is 9.31. The van der Waals surface area contributed by atoms with Gasteiger partial charge in [0.15, 0.2) is 12.4 Å². The molecule has 4 N–H and O–H groups in total. The highest BCUT2D eigenvalue weighted by Crippen LogP contribution is 2.24. The van der Waals surface area contributed by atoms with Crippen LogP contribution in [0, 0.1) is 0 Å². The molecule has 0 aromatic carbocycles. The fraction of sp³-hybridized carbons (Fsp3) is 0.838. The number of hydrogen-bond acceptors (Lipinski definition) is 11. The second-order valence-electron chi connectivity index (χ2n) is 13.3. The number of esters is 2. The van der Waals surface area contributed by atoms with Crippen LogP contribution in [-0.2, 0) is 38.7 Å². The number of rotatable bonds is 30. The Morgan fingerprint density at radius 1 is 0.680 bits per heavy atom. The molecule has 1 saturated heterocycles. The Balaban J connectivity index is 2.50. The van der Waals surface area contributed by atoms with Crippen LogP contribution >= 0.6 is 0 Å². The molecule has 0 aliphatic carbocycles. The van der Waals surface area contributed by atoms with E-state index in [4.69, 9.17) is 18.9 Å². The van der Waals surface area contributed by atoms with Crippen LogP contribution in [0.1, 0.15) is 142 Å². The highest BCUT2D eigenvalue weighted by Gasteiger charge is 2.46. The minimum Gasteiger partial charge on any atom is -0.462 e. The highest BCUT2D eigenvalue weighted by atomic mass is 32.2. The van der Waals surface area contributed by atoms with Gasteiger partial charge < -0.3 is 34.3 Å². The van der Waals surface area contributed by atoms with Gasteiger partial charge in [-0.2, -0.15) is 8.42 Å². The summed E-state index contributed by atoms with van der Waals surface area (Å²) in [5.74, 6) is -2.01. The molecule has 12 nitrogen and oxygen atoms in total. The fourth-order valence-electron chi connectivity index (χ4n) is 5.55. The van der Waals surface area contributed by atoms with Crippen molar-refractivity contribution < 1.29 is 56.8 Å². The van der Waals surface area contributed by atoms with E-state index in [1.807, 2.05) is 0 Å². The maximum atomic E-state index is 12.6. The lowest BCUT2D eigenvalue weighted by atomic mass is 10.00. The van der Waals surface area contributed by atoms with Gasteiger partial charge in [0.2, 0.25) is 0 Å². The molecule has 50 heavy (non-hydrogen) atoms. The molecule has 0 radical (unpaired) electrons. The summed E-state index contributed by atoms with van der Waals surface area (Å²) in [6.45, 7) is 3.63. The smallest absolute Gasteiger partial charge is 0.306 e. The average Bonchev–Trinajstić information content (AvgIpc) is 3.07. The summed E-state index contributed by atoms with van der Waals surface area (Å²) >= 11 is 0. The number of unbranched alkanes of at least 4 members (excludes halogenated alkanes) is 15. The molecule has 0 aromatic rings. The summed E-state index contributed by atoms with van der Waals surface area (Å²) in [5, 5.41) is 30.6. The minimum atomic E-state index is -4.59. The number of carbonyl (C=O) groups excluding carboxylic acids is 2. The van der Waals surface area contributed by atoms with Crippen molar-refractivity contribution in [3.8, 4) is 0 Å². The molecule has 0 saturated carbocycles. The molecule has 0 bridgehead atoms. The van der Waals surface area contributed by atoms with Crippen LogP contribution in [0.25, 0.3) is 0 Å². The largest absolute Gasteiger partial charge is 0.462 e. The van der Waals surface area contributed by atoms with Gasteiger partial charge in [0, 0.05) is 12.8 Å². The van der Waals surface area contributed by atoms with E-state index in [0.29, 0.717) is 12.8 Å². The van der Waals surface area contributed by atoms with Gasteiger partial charge in [-0.25, -0.2) is 0 Å². The van der Waals surface area contributed by atoms with Crippen LogP contribution < -0.4 is 0 Å². The Hall–Kier alpha value is -1.87. The van der Waals surface area contributed by atoms with Crippen LogP contribution in [0.2, 0.25) is 0 Å². The Bertz CT molecular complexity index is 1050. The first kappa shape index (κ1) is 46.2. The lowest BCUT2D eigenvalue weighted by molar-refractivity contribution is -0.297. The summed E-state index contributed by atoms with van der Waals surface area (Å²) in [5.41, 5.74) is 0. The zero-order valence-corrected chi connectivity index (χ0v) is 31.3. The van der Waals surface area contributed by atoms with Crippen molar-refractivity contribution in [3.05, 3.63) is 24.3 Å². The second-order valence-corrected chi connectivity index (χ2v) is 14.8. The van der Waals surface area contributed by atoms with Gasteiger partial charge in [-0.05, 0) is 38.5 Å². The summed E-state index contributed by atoms with van der Waals surface area (Å²) in [7, 11) is -4.59. The van der Waals surface area contributed by atoms with Crippen molar-refractivity contribution in [2.75, 3.05) is 19.0 Å². The molecule has 0 amide bonds. The van der Waals surface area contributed by atoms with E-state index in [0.717, 1.165) is 70.6 Å². The summed E-state index contributed by atoms with van der Waals surface area (Å²) < 4.78 is 53.6. The third-order valence-electron chi connectivity index (χ3n) is 8.56. The molecule has 0 spiro atoms. The molecule has 6 atom stereocenters. The normalized spacial score (nSPS) is 21.9. The first-order chi connectivity index (χ1) is 24.0. The molecule has 2 unspecified atom stereocenters. The van der Waals surface area contributed by atoms with Gasteiger partial charge in [-0.15, -0.1) is 0 Å². The predicted molar refractivity (Wildman–Crippen MR) is 192 cm³/mol. The number of allylic oxidation sites excluding steroid dienone is 4. The maximum Gasteiger partial charge on any atom is 0.306 e. The molecule has 0 aromatic heterocycles. The Labute approximate surface area is 300 Å². The van der Waals surface area contributed by atoms with E-state index in [2.05, 4.69) is 38.2 Å². The summed E-state index contributed by atoms with van der Waals surface area (Å²) in [4.78, 5) is 25.1. The van der Waals surface area contributed by atoms with E-state index in [1.54, 1.807) is 0 Å². The van der Waals surface area contributed by atoms with Crippen molar-refractivity contribution in [2.24, 2.45) is 0 Å². The number of hydrogen-bond donors (Lipinski definition) is 4. The van der Waals surface area contributed by atoms with Crippen LogP contribution in [0.3, 0.4) is 0 Å². The molecular formula is C37H66O12S. The van der Waals surface area contributed by atoms with Gasteiger partial charge in [-0.3, -0.25) is 14.1 Å². The lowest BCUT2D eigenvalue weighted by Gasteiger charge is -2.40. The van der Waals surface area contributed by atoms with Gasteiger partial charge >= 0.3 is 11.9 Å². The van der Waals surface area contributed by atoms with Crippen molar-refractivity contribution in [1.29, 1.82) is 0 Å². The van der Waals surface area contributed by atoms with Crippen molar-refractivity contribution in [1.82, 2.24) is 0 Å². The number of ether oxygens (including phenoxy) is 4. The van der Waals surface area contributed by atoms with E-state index in [9.17, 15) is 37.9 Å². The van der Waals surface area contributed by atoms with Crippen molar-refractivity contribution in [2.45, 2.75) is 179 Å². The fourth-order valence-corrected chi connectivity index (χ4v) is 6.24. The van der Waals surface area contributed by atoms with Crippen molar-refractivity contribution >= 4 is 22.1 Å². The highest BCUT2D eigenvalue weighted by molar-refractivity contribution is 7.85. The van der Waals surface area contributed by atoms with Crippen LogP contribution in [0.5, 0.6) is 0 Å². The summed E-state index contributed by atoms with van der Waals surface area (Å²) in [6.07, 6.45) is 18.4. The number of aliphatic hydroxyl groups is 3. The Morgan fingerprint density at radius 2 is 1.18 bits per heavy atom. The third kappa shape index (κ3) is 23.6. The standard InChI is InChI=1S/C37H66O12S/c1-3-5-7-9-11-12-13-14-15-16-17-18-20-21-23-25-32(38)46-27-30(48-33(39)26-24-22-19-10-8-6-4-2)28-47-37-36(42)35(41)34(40)31(49-37)29-50(43,44)45/h12-15,30-31,34-37,40-42H,3-11,16-29H2,1-2H3,(H,43,44,45)/b13-12+,15-14+/t30-,31-,34-,35?,36?,37+/m1/s1. The Kier molecular flexibility index (Phi) is 26.5. The van der Waals surface area contributed by atoms with Gasteiger partial charge in [-0.1, -0.05) is 115 Å². The Morgan fingerprint density at radius 3 is 1.74 bits per heavy atom. The molecule has 1 heterocycles. The monoisotopic (exact) mass is 734 g/mol. The van der Waals surface area contributed by atoms with Crippen LogP contribution in [-0.4, -0.2) is 96.0 Å². The first-order valence-corrected chi connectivity index (χ1v) is 20.5. The molecule has 13 heteroatoms. The minimum absolute atomic E-state index is 0.160. The van der Waals surface area contributed by atoms with Gasteiger partial charge in [0.1, 0.15) is 36.8 Å². The predicted octanol–water partition coefficient (Wildman–Crippen LogP) is 6.11. The molecular weight excluding hydrogens is 668 g/mol. The van der Waals surface area contributed by atoms with E-state index >= 15 is 0 Å². The van der Waals surface area contributed by atoms with Crippen LogP contribution in [0.15, 0.2) is 24.3 Å². The van der Waals surface area contributed by atoms with Gasteiger partial charge in [0.05, 0.1) is 6.61 Å². The average molecular weight is 735 g/mol. The van der Waals surface area contributed by atoms with Crippen LogP contribution in [0.4, 0.5) is 0 Å². The lowest BCUT2D eigenvalue weighted by Crippen LogP contribution is -2.60. The number of carbonyl (C=O) groups is 2. The first-order valence-electron chi connectivity index (χ1n) is 18.9. The molecule has 292 valence electrons. The van der Waals surface area contributed by atoms with Crippen molar-refractivity contribution in [3.63, 3.8) is 0 Å². The molecule has 1 rings (SSSR count). The number of aliphatic hydroxyl groups excluding tert-OH is 3. The van der Waals surface area contributed by atoms with E-state index in [1.165, 1.54) is 32.1 Å². The maximum absolute atomic E-state index is 12.6. The van der Waals surface area contributed by atoms with E-state index in [-0.39, 0.29) is 19.4 Å². The van der Waals surface area contributed by atoms with Gasteiger partial charge in [0.25, 0.3) is 10.1 Å². The quantitative estimate of drug-likeness (QED) is 0.0288.